The number of amidine groups is 1. The molecule has 0 saturated carbocycles. The van der Waals surface area contributed by atoms with E-state index >= 15 is 0 Å². The highest BCUT2D eigenvalue weighted by Crippen LogP contribution is 2.25. The quantitative estimate of drug-likeness (QED) is 0.523. The van der Waals surface area contributed by atoms with Gasteiger partial charge < -0.3 is 15.7 Å². The topological polar surface area (TPSA) is 73.3 Å². The lowest BCUT2D eigenvalue weighted by molar-refractivity contribution is 0.266. The zero-order valence-corrected chi connectivity index (χ0v) is 9.19. The lowest BCUT2D eigenvalue weighted by Gasteiger charge is -2.25. The summed E-state index contributed by atoms with van der Waals surface area (Å²) in [5.74, 6) is 0.0895. The summed E-state index contributed by atoms with van der Waals surface area (Å²) in [6.45, 7) is 1.19. The normalized spacial score (nSPS) is 20.1. The third-order valence-electron chi connectivity index (χ3n) is 3.10. The predicted octanol–water partition coefficient (Wildman–Crippen LogP) is 0.932. The van der Waals surface area contributed by atoms with E-state index in [1.165, 1.54) is 0 Å². The summed E-state index contributed by atoms with van der Waals surface area (Å²) in [6, 6.07) is 7.87. The fourth-order valence-corrected chi connectivity index (χ4v) is 2.20. The van der Waals surface area contributed by atoms with Gasteiger partial charge in [-0.1, -0.05) is 0 Å². The highest BCUT2D eigenvalue weighted by atomic mass is 16.3. The van der Waals surface area contributed by atoms with Gasteiger partial charge in [0, 0.05) is 17.8 Å². The predicted molar refractivity (Wildman–Crippen MR) is 64.9 cm³/mol. The minimum atomic E-state index is 0.0895. The number of aliphatic hydroxyl groups is 1. The third kappa shape index (κ3) is 2.02. The van der Waals surface area contributed by atoms with Crippen LogP contribution in [0, 0.1) is 5.41 Å². The fraction of sp³-hybridized carbons (Fsp3) is 0.417. The van der Waals surface area contributed by atoms with Crippen molar-refractivity contribution >= 4 is 11.5 Å². The van der Waals surface area contributed by atoms with E-state index in [4.69, 9.17) is 11.1 Å². The van der Waals surface area contributed by atoms with Crippen LogP contribution in [0.4, 0.5) is 5.69 Å². The van der Waals surface area contributed by atoms with Crippen molar-refractivity contribution in [1.82, 2.24) is 0 Å². The molecule has 2 rings (SSSR count). The standard InChI is InChI=1S/C12H17N3O/c13-12(14)9-3-5-10(6-4-9)15-7-1-2-11(15)8-16/h3-6,11,16H,1-2,7-8H2,(H3,13,14). The van der Waals surface area contributed by atoms with E-state index in [9.17, 15) is 5.11 Å². The monoisotopic (exact) mass is 219 g/mol. The molecule has 1 aliphatic heterocycles. The summed E-state index contributed by atoms with van der Waals surface area (Å²) in [5, 5.41) is 16.6. The van der Waals surface area contributed by atoms with E-state index in [0.717, 1.165) is 30.6 Å². The molecule has 1 saturated heterocycles. The number of hydrogen-bond acceptors (Lipinski definition) is 3. The van der Waals surface area contributed by atoms with Gasteiger partial charge >= 0.3 is 0 Å². The van der Waals surface area contributed by atoms with Crippen LogP contribution in [0.3, 0.4) is 0 Å². The maximum Gasteiger partial charge on any atom is 0.122 e. The van der Waals surface area contributed by atoms with Crippen molar-refractivity contribution in [1.29, 1.82) is 5.41 Å². The zero-order valence-electron chi connectivity index (χ0n) is 9.19. The van der Waals surface area contributed by atoms with E-state index in [2.05, 4.69) is 4.90 Å². The van der Waals surface area contributed by atoms with E-state index in [1.54, 1.807) is 0 Å². The minimum Gasteiger partial charge on any atom is -0.394 e. The van der Waals surface area contributed by atoms with E-state index in [-0.39, 0.29) is 18.5 Å². The molecule has 1 heterocycles. The number of nitrogens with one attached hydrogen (secondary N) is 1. The molecule has 4 N–H and O–H groups in total. The lowest BCUT2D eigenvalue weighted by atomic mass is 10.1. The Morgan fingerprint density at radius 1 is 1.44 bits per heavy atom. The number of anilines is 1. The summed E-state index contributed by atoms with van der Waals surface area (Å²) in [7, 11) is 0. The summed E-state index contributed by atoms with van der Waals surface area (Å²) in [6.07, 6.45) is 2.17. The zero-order chi connectivity index (χ0) is 11.5. The molecular weight excluding hydrogens is 202 g/mol. The van der Waals surface area contributed by atoms with E-state index in [1.807, 2.05) is 24.3 Å². The molecule has 0 bridgehead atoms. The maximum absolute atomic E-state index is 9.24. The average molecular weight is 219 g/mol. The minimum absolute atomic E-state index is 0.0895. The number of rotatable bonds is 3. The number of nitrogens with zero attached hydrogens (tertiary/aromatic N) is 1. The van der Waals surface area contributed by atoms with E-state index in [0.29, 0.717) is 0 Å². The number of nitrogens with two attached hydrogens (primary N) is 1. The van der Waals surface area contributed by atoms with Crippen LogP contribution >= 0.6 is 0 Å². The summed E-state index contributed by atoms with van der Waals surface area (Å²) >= 11 is 0. The Hall–Kier alpha value is -1.55. The number of benzene rings is 1. The van der Waals surface area contributed by atoms with Gasteiger partial charge in [0.25, 0.3) is 0 Å². The summed E-state index contributed by atoms with van der Waals surface area (Å²) in [5.41, 5.74) is 7.24. The van der Waals surface area contributed by atoms with Crippen LogP contribution in [0.15, 0.2) is 24.3 Å². The first kappa shape index (κ1) is 11.0. The van der Waals surface area contributed by atoms with Crippen molar-refractivity contribution < 1.29 is 5.11 Å². The second-order valence-corrected chi connectivity index (χ2v) is 4.13. The van der Waals surface area contributed by atoms with Crippen molar-refractivity contribution in [2.75, 3.05) is 18.1 Å². The number of nitrogen functional groups attached to an aromatic ring is 1. The fourth-order valence-electron chi connectivity index (χ4n) is 2.20. The molecule has 1 aromatic carbocycles. The smallest absolute Gasteiger partial charge is 0.122 e. The summed E-state index contributed by atoms with van der Waals surface area (Å²) < 4.78 is 0. The molecule has 86 valence electrons. The van der Waals surface area contributed by atoms with Crippen LogP contribution in [0.1, 0.15) is 18.4 Å². The molecule has 1 aromatic rings. The second kappa shape index (κ2) is 4.53. The Bertz CT molecular complexity index is 374. The SMILES string of the molecule is N=C(N)c1ccc(N2CCCC2CO)cc1. The molecule has 0 aromatic heterocycles. The Kier molecular flexibility index (Phi) is 3.10. The number of hydrogen-bond donors (Lipinski definition) is 3. The molecule has 1 atom stereocenters. The lowest BCUT2D eigenvalue weighted by Crippen LogP contribution is -2.31. The van der Waals surface area contributed by atoms with Crippen LogP contribution in [0.25, 0.3) is 0 Å². The maximum atomic E-state index is 9.24. The molecule has 1 fully saturated rings. The first-order valence-corrected chi connectivity index (χ1v) is 5.54. The van der Waals surface area contributed by atoms with Crippen molar-refractivity contribution in [2.24, 2.45) is 5.73 Å². The first-order valence-electron chi connectivity index (χ1n) is 5.54. The molecule has 4 heteroatoms. The van der Waals surface area contributed by atoms with Crippen molar-refractivity contribution in [3.8, 4) is 0 Å². The Balaban J connectivity index is 2.18. The van der Waals surface area contributed by atoms with Gasteiger partial charge in [0.2, 0.25) is 0 Å². The van der Waals surface area contributed by atoms with Gasteiger partial charge in [0.15, 0.2) is 0 Å². The Morgan fingerprint density at radius 3 is 2.69 bits per heavy atom. The largest absolute Gasteiger partial charge is 0.394 e. The van der Waals surface area contributed by atoms with Crippen LogP contribution < -0.4 is 10.6 Å². The second-order valence-electron chi connectivity index (χ2n) is 4.13. The molecular formula is C12H17N3O. The molecule has 1 aliphatic rings. The highest BCUT2D eigenvalue weighted by molar-refractivity contribution is 5.95. The molecule has 4 nitrogen and oxygen atoms in total. The third-order valence-corrected chi connectivity index (χ3v) is 3.10. The highest BCUT2D eigenvalue weighted by Gasteiger charge is 2.23. The van der Waals surface area contributed by atoms with Gasteiger partial charge in [-0.05, 0) is 37.1 Å². The molecule has 0 aliphatic carbocycles. The van der Waals surface area contributed by atoms with Crippen molar-refractivity contribution in [2.45, 2.75) is 18.9 Å². The van der Waals surface area contributed by atoms with Crippen molar-refractivity contribution in [3.05, 3.63) is 29.8 Å². The van der Waals surface area contributed by atoms with Crippen LogP contribution in [-0.2, 0) is 0 Å². The van der Waals surface area contributed by atoms with E-state index < -0.39 is 0 Å². The van der Waals surface area contributed by atoms with Gasteiger partial charge in [-0.25, -0.2) is 0 Å². The molecule has 0 radical (unpaired) electrons. The molecule has 0 spiro atoms. The van der Waals surface area contributed by atoms with Crippen LogP contribution in [0.2, 0.25) is 0 Å². The van der Waals surface area contributed by atoms with Crippen molar-refractivity contribution in [3.63, 3.8) is 0 Å². The van der Waals surface area contributed by atoms with Crippen LogP contribution in [-0.4, -0.2) is 30.1 Å². The average Bonchev–Trinajstić information content (AvgIpc) is 2.77. The summed E-state index contributed by atoms with van der Waals surface area (Å²) in [4.78, 5) is 2.21. The molecule has 1 unspecified atom stereocenters. The number of aliphatic hydroxyl groups excluding tert-OH is 1. The van der Waals surface area contributed by atoms with Gasteiger partial charge in [-0.3, -0.25) is 5.41 Å². The first-order chi connectivity index (χ1) is 7.72. The van der Waals surface area contributed by atoms with Crippen LogP contribution in [0.5, 0.6) is 0 Å². The van der Waals surface area contributed by atoms with Gasteiger partial charge in [-0.2, -0.15) is 0 Å². The Labute approximate surface area is 95.2 Å². The van der Waals surface area contributed by atoms with Gasteiger partial charge in [0.05, 0.1) is 12.6 Å². The molecule has 0 amide bonds. The van der Waals surface area contributed by atoms with Gasteiger partial charge in [-0.15, -0.1) is 0 Å². The molecule has 16 heavy (non-hydrogen) atoms. The van der Waals surface area contributed by atoms with Gasteiger partial charge in [0.1, 0.15) is 5.84 Å². The Morgan fingerprint density at radius 2 is 2.12 bits per heavy atom.